The first-order chi connectivity index (χ1) is 12.9. The maximum atomic E-state index is 11.1. The molecule has 6 heteroatoms. The van der Waals surface area contributed by atoms with Crippen LogP contribution < -0.4 is 11.5 Å². The van der Waals surface area contributed by atoms with Crippen LogP contribution in [0.3, 0.4) is 0 Å². The highest BCUT2D eigenvalue weighted by molar-refractivity contribution is 5.65. The quantitative estimate of drug-likeness (QED) is 0.624. The Morgan fingerprint density at radius 3 is 1.33 bits per heavy atom. The average molecular weight is 383 g/mol. The highest BCUT2D eigenvalue weighted by Crippen LogP contribution is 2.54. The Morgan fingerprint density at radius 2 is 1.07 bits per heavy atom. The van der Waals surface area contributed by atoms with E-state index in [1.165, 1.54) is 25.7 Å². The predicted octanol–water partition coefficient (Wildman–Crippen LogP) is 4.88. The predicted molar refractivity (Wildman–Crippen MR) is 105 cm³/mol. The molecule has 0 saturated heterocycles. The van der Waals surface area contributed by atoms with Gasteiger partial charge in [-0.15, -0.1) is 0 Å². The molecule has 4 N–H and O–H groups in total. The molecule has 2 amide bonds. The summed E-state index contributed by atoms with van der Waals surface area (Å²) in [4.78, 5) is 22.1. The Bertz CT molecular complexity index is 437. The first-order valence-electron chi connectivity index (χ1n) is 10.8. The van der Waals surface area contributed by atoms with Crippen LogP contribution in [0, 0.1) is 17.3 Å². The number of carbonyl (C=O) groups is 2. The van der Waals surface area contributed by atoms with Gasteiger partial charge in [-0.2, -0.15) is 0 Å². The summed E-state index contributed by atoms with van der Waals surface area (Å²) >= 11 is 0. The highest BCUT2D eigenvalue weighted by atomic mass is 16.6. The van der Waals surface area contributed by atoms with Crippen LogP contribution in [-0.4, -0.2) is 24.4 Å². The molecule has 27 heavy (non-hydrogen) atoms. The lowest BCUT2D eigenvalue weighted by molar-refractivity contribution is -0.0359. The van der Waals surface area contributed by atoms with Gasteiger partial charge in [-0.05, 0) is 81.5 Å². The zero-order valence-electron chi connectivity index (χ0n) is 17.1. The SMILES string of the molecule is CCCC(CCC)(C1CCC(OC(N)=O)CC1)C1CCC(OC(N)=O)CC1. The molecule has 0 spiro atoms. The molecule has 156 valence electrons. The summed E-state index contributed by atoms with van der Waals surface area (Å²) in [6.45, 7) is 4.57. The van der Waals surface area contributed by atoms with E-state index in [2.05, 4.69) is 13.8 Å². The topological polar surface area (TPSA) is 105 Å². The van der Waals surface area contributed by atoms with Gasteiger partial charge in [0.2, 0.25) is 0 Å². The van der Waals surface area contributed by atoms with Crippen molar-refractivity contribution in [3.05, 3.63) is 0 Å². The van der Waals surface area contributed by atoms with E-state index in [9.17, 15) is 9.59 Å². The zero-order chi connectivity index (χ0) is 19.9. The van der Waals surface area contributed by atoms with E-state index >= 15 is 0 Å². The normalized spacial score (nSPS) is 29.1. The van der Waals surface area contributed by atoms with E-state index in [1.807, 2.05) is 0 Å². The maximum Gasteiger partial charge on any atom is 0.404 e. The molecule has 2 aliphatic carbocycles. The van der Waals surface area contributed by atoms with Crippen molar-refractivity contribution < 1.29 is 19.1 Å². The van der Waals surface area contributed by atoms with Gasteiger partial charge in [0.1, 0.15) is 12.2 Å². The van der Waals surface area contributed by atoms with E-state index < -0.39 is 12.2 Å². The van der Waals surface area contributed by atoms with E-state index in [-0.39, 0.29) is 12.2 Å². The second kappa shape index (κ2) is 10.2. The van der Waals surface area contributed by atoms with Crippen LogP contribution in [0.5, 0.6) is 0 Å². The number of hydrogen-bond acceptors (Lipinski definition) is 4. The standard InChI is InChI=1S/C21H38N2O4/c1-3-13-21(14-4-2,15-5-9-17(10-6-15)26-19(22)24)16-7-11-18(12-8-16)27-20(23)25/h15-18H,3-14H2,1-2H3,(H2,22,24)(H2,23,25). The van der Waals surface area contributed by atoms with E-state index in [0.29, 0.717) is 17.3 Å². The molecule has 2 aliphatic rings. The third-order valence-electron chi connectivity index (χ3n) is 6.97. The summed E-state index contributed by atoms with van der Waals surface area (Å²) in [6.07, 6.45) is 11.6. The van der Waals surface area contributed by atoms with Crippen molar-refractivity contribution in [2.75, 3.05) is 0 Å². The lowest BCUT2D eigenvalue weighted by Crippen LogP contribution is -2.43. The molecule has 2 rings (SSSR count). The molecule has 0 aliphatic heterocycles. The van der Waals surface area contributed by atoms with Gasteiger partial charge in [-0.25, -0.2) is 9.59 Å². The number of primary amides is 2. The van der Waals surface area contributed by atoms with E-state index in [1.54, 1.807) is 0 Å². The second-order valence-corrected chi connectivity index (χ2v) is 8.55. The molecule has 2 fully saturated rings. The molecule has 0 aromatic rings. The minimum absolute atomic E-state index is 0.0144. The van der Waals surface area contributed by atoms with Crippen molar-refractivity contribution in [3.8, 4) is 0 Å². The maximum absolute atomic E-state index is 11.1. The lowest BCUT2D eigenvalue weighted by atomic mass is 9.55. The largest absolute Gasteiger partial charge is 0.446 e. The van der Waals surface area contributed by atoms with Crippen molar-refractivity contribution in [1.29, 1.82) is 0 Å². The van der Waals surface area contributed by atoms with Crippen molar-refractivity contribution in [3.63, 3.8) is 0 Å². The zero-order valence-corrected chi connectivity index (χ0v) is 17.1. The van der Waals surface area contributed by atoms with Crippen LogP contribution in [0.4, 0.5) is 9.59 Å². The summed E-state index contributed by atoms with van der Waals surface area (Å²) in [5.74, 6) is 1.34. The fraction of sp³-hybridized carbons (Fsp3) is 0.905. The summed E-state index contributed by atoms with van der Waals surface area (Å²) < 4.78 is 10.5. The number of nitrogens with two attached hydrogens (primary N) is 2. The van der Waals surface area contributed by atoms with Crippen LogP contribution >= 0.6 is 0 Å². The Kier molecular flexibility index (Phi) is 8.24. The highest BCUT2D eigenvalue weighted by Gasteiger charge is 2.46. The summed E-state index contributed by atoms with van der Waals surface area (Å²) in [6, 6.07) is 0. The number of carbonyl (C=O) groups excluding carboxylic acids is 2. The van der Waals surface area contributed by atoms with Crippen molar-refractivity contribution in [1.82, 2.24) is 0 Å². The minimum atomic E-state index is -0.653. The Morgan fingerprint density at radius 1 is 0.741 bits per heavy atom. The molecule has 0 aromatic heterocycles. The average Bonchev–Trinajstić information content (AvgIpc) is 2.62. The number of ether oxygens (including phenoxy) is 2. The second-order valence-electron chi connectivity index (χ2n) is 8.55. The van der Waals surface area contributed by atoms with E-state index in [0.717, 1.165) is 51.4 Å². The molecule has 0 unspecified atom stereocenters. The number of amides is 2. The van der Waals surface area contributed by atoms with Gasteiger partial charge in [0.25, 0.3) is 0 Å². The molecule has 0 bridgehead atoms. The van der Waals surface area contributed by atoms with Gasteiger partial charge in [-0.1, -0.05) is 26.7 Å². The van der Waals surface area contributed by atoms with Crippen molar-refractivity contribution in [2.45, 2.75) is 103 Å². The molecular formula is C21H38N2O4. The van der Waals surface area contributed by atoms with Gasteiger partial charge in [0.05, 0.1) is 0 Å². The van der Waals surface area contributed by atoms with Crippen molar-refractivity contribution >= 4 is 12.2 Å². The molecule has 0 radical (unpaired) electrons. The van der Waals surface area contributed by atoms with Crippen LogP contribution in [0.2, 0.25) is 0 Å². The molecule has 0 aromatic carbocycles. The monoisotopic (exact) mass is 382 g/mol. The molecule has 2 saturated carbocycles. The molecule has 6 nitrogen and oxygen atoms in total. The fourth-order valence-corrected chi connectivity index (χ4v) is 6.05. The van der Waals surface area contributed by atoms with Crippen LogP contribution in [0.25, 0.3) is 0 Å². The molecule has 0 atom stereocenters. The first kappa shape index (κ1) is 21.8. The van der Waals surface area contributed by atoms with Gasteiger partial charge in [0.15, 0.2) is 0 Å². The van der Waals surface area contributed by atoms with Gasteiger partial charge in [0, 0.05) is 0 Å². The third-order valence-corrected chi connectivity index (χ3v) is 6.97. The van der Waals surface area contributed by atoms with Gasteiger partial charge < -0.3 is 20.9 Å². The Balaban J connectivity index is 2.06. The molecule has 0 heterocycles. The minimum Gasteiger partial charge on any atom is -0.446 e. The number of hydrogen-bond donors (Lipinski definition) is 2. The lowest BCUT2D eigenvalue weighted by Gasteiger charge is -2.51. The Labute approximate surface area is 163 Å². The van der Waals surface area contributed by atoms with Crippen molar-refractivity contribution in [2.24, 2.45) is 28.7 Å². The summed E-state index contributed by atoms with van der Waals surface area (Å²) in [5.41, 5.74) is 10.7. The number of rotatable bonds is 8. The van der Waals surface area contributed by atoms with Gasteiger partial charge in [-0.3, -0.25) is 0 Å². The van der Waals surface area contributed by atoms with E-state index in [4.69, 9.17) is 20.9 Å². The fourth-order valence-electron chi connectivity index (χ4n) is 6.05. The summed E-state index contributed by atoms with van der Waals surface area (Å²) in [5, 5.41) is 0. The Hall–Kier alpha value is -1.46. The molecular weight excluding hydrogens is 344 g/mol. The van der Waals surface area contributed by atoms with Crippen LogP contribution in [0.1, 0.15) is 90.9 Å². The third kappa shape index (κ3) is 5.76. The van der Waals surface area contributed by atoms with Crippen LogP contribution in [-0.2, 0) is 9.47 Å². The summed E-state index contributed by atoms with van der Waals surface area (Å²) in [7, 11) is 0. The van der Waals surface area contributed by atoms with Gasteiger partial charge >= 0.3 is 12.2 Å². The smallest absolute Gasteiger partial charge is 0.404 e. The van der Waals surface area contributed by atoms with Crippen LogP contribution in [0.15, 0.2) is 0 Å². The first-order valence-corrected chi connectivity index (χ1v) is 10.8.